The van der Waals surface area contributed by atoms with E-state index in [-0.39, 0.29) is 28.6 Å². The molecule has 0 unspecified atom stereocenters. The maximum atomic E-state index is 12.8. The molecule has 2 rings (SSSR count). The average molecular weight is 399 g/mol. The second kappa shape index (κ2) is 7.75. The summed E-state index contributed by atoms with van der Waals surface area (Å²) in [5, 5.41) is 40.9. The van der Waals surface area contributed by atoms with Crippen LogP contribution in [0.15, 0.2) is 30.3 Å². The van der Waals surface area contributed by atoms with Crippen LogP contribution < -0.4 is 5.32 Å². The zero-order valence-corrected chi connectivity index (χ0v) is 14.8. The number of benzene rings is 2. The van der Waals surface area contributed by atoms with Gasteiger partial charge in [0.2, 0.25) is 0 Å². The summed E-state index contributed by atoms with van der Waals surface area (Å²) in [4.78, 5) is 0.177. The van der Waals surface area contributed by atoms with Gasteiger partial charge in [-0.05, 0) is 48.4 Å². The molecule has 0 aliphatic rings. The van der Waals surface area contributed by atoms with Gasteiger partial charge in [0.1, 0.15) is 17.1 Å². The molecular formula is C18H16F3NO4S. The third-order valence-electron chi connectivity index (χ3n) is 3.72. The molecule has 2 aromatic rings. The van der Waals surface area contributed by atoms with Gasteiger partial charge in [-0.3, -0.25) is 0 Å². The standard InChI is InChI=1S/C18H16F3NO4S/c1-9-13(23)6-11(7-14(9)24)8-22-16(27)3-2-10-4-12(18(19,20)21)17(26)15(25)5-10/h2-7,23-26H,8H2,1H3,(H,22,27)/b3-2+. The highest BCUT2D eigenvalue weighted by atomic mass is 32.1. The molecule has 5 N–H and O–H groups in total. The molecule has 0 aliphatic carbocycles. The van der Waals surface area contributed by atoms with E-state index in [0.717, 1.165) is 6.07 Å². The number of phenolic OH excluding ortho intramolecular Hbond substituents is 4. The maximum Gasteiger partial charge on any atom is 0.420 e. The summed E-state index contributed by atoms with van der Waals surface area (Å²) in [5.41, 5.74) is -0.471. The smallest absolute Gasteiger partial charge is 0.420 e. The van der Waals surface area contributed by atoms with E-state index in [4.69, 9.17) is 12.2 Å². The van der Waals surface area contributed by atoms with Gasteiger partial charge in [-0.2, -0.15) is 13.2 Å². The van der Waals surface area contributed by atoms with Gasteiger partial charge in [-0.25, -0.2) is 0 Å². The van der Waals surface area contributed by atoms with E-state index in [1.165, 1.54) is 24.3 Å². The number of rotatable bonds is 4. The Morgan fingerprint density at radius 1 is 1.04 bits per heavy atom. The lowest BCUT2D eigenvalue weighted by molar-refractivity contribution is -0.138. The fourth-order valence-corrected chi connectivity index (χ4v) is 2.36. The molecule has 0 spiro atoms. The van der Waals surface area contributed by atoms with Crippen LogP contribution in [0.3, 0.4) is 0 Å². The summed E-state index contributed by atoms with van der Waals surface area (Å²) in [6, 6.07) is 4.55. The third kappa shape index (κ3) is 5.04. The molecular weight excluding hydrogens is 383 g/mol. The second-order valence-electron chi connectivity index (χ2n) is 5.74. The Kier molecular flexibility index (Phi) is 5.85. The van der Waals surface area contributed by atoms with Gasteiger partial charge < -0.3 is 25.7 Å². The molecule has 5 nitrogen and oxygen atoms in total. The number of alkyl halides is 3. The fourth-order valence-electron chi connectivity index (χ4n) is 2.22. The van der Waals surface area contributed by atoms with Crippen LogP contribution in [-0.4, -0.2) is 25.4 Å². The summed E-state index contributed by atoms with van der Waals surface area (Å²) in [5.74, 6) is -2.28. The van der Waals surface area contributed by atoms with Gasteiger partial charge >= 0.3 is 6.18 Å². The Morgan fingerprint density at radius 2 is 1.63 bits per heavy atom. The van der Waals surface area contributed by atoms with Crippen LogP contribution >= 0.6 is 12.2 Å². The van der Waals surface area contributed by atoms with E-state index in [1.54, 1.807) is 6.92 Å². The minimum atomic E-state index is -4.82. The van der Waals surface area contributed by atoms with Crippen LogP contribution in [0.25, 0.3) is 6.08 Å². The number of hydrogen-bond donors (Lipinski definition) is 5. The lowest BCUT2D eigenvalue weighted by atomic mass is 10.1. The van der Waals surface area contributed by atoms with Gasteiger partial charge in [0.05, 0.1) is 4.99 Å². The molecule has 0 fully saturated rings. The first-order chi connectivity index (χ1) is 12.5. The summed E-state index contributed by atoms with van der Waals surface area (Å²) in [6.45, 7) is 1.72. The van der Waals surface area contributed by atoms with E-state index in [1.807, 2.05) is 0 Å². The minimum Gasteiger partial charge on any atom is -0.508 e. The highest BCUT2D eigenvalue weighted by Crippen LogP contribution is 2.41. The zero-order valence-electron chi connectivity index (χ0n) is 14.0. The maximum absolute atomic E-state index is 12.8. The van der Waals surface area contributed by atoms with Gasteiger partial charge in [0.15, 0.2) is 11.5 Å². The monoisotopic (exact) mass is 399 g/mol. The van der Waals surface area contributed by atoms with Crippen molar-refractivity contribution in [3.63, 3.8) is 0 Å². The Hall–Kier alpha value is -2.94. The number of thiocarbonyl (C=S) groups is 1. The van der Waals surface area contributed by atoms with Crippen LogP contribution in [0.1, 0.15) is 22.3 Å². The van der Waals surface area contributed by atoms with Crippen molar-refractivity contribution in [3.8, 4) is 23.0 Å². The van der Waals surface area contributed by atoms with E-state index < -0.39 is 23.2 Å². The molecule has 0 aliphatic heterocycles. The molecule has 9 heteroatoms. The fraction of sp³-hybridized carbons (Fsp3) is 0.167. The summed E-state index contributed by atoms with van der Waals surface area (Å²) < 4.78 is 38.5. The zero-order chi connectivity index (χ0) is 20.4. The van der Waals surface area contributed by atoms with Crippen LogP contribution in [0, 0.1) is 6.92 Å². The molecule has 0 saturated carbocycles. The molecule has 144 valence electrons. The first-order valence-corrected chi connectivity index (χ1v) is 8.00. The summed E-state index contributed by atoms with van der Waals surface area (Å²) in [7, 11) is 0. The van der Waals surface area contributed by atoms with Crippen molar-refractivity contribution in [2.75, 3.05) is 0 Å². The minimum absolute atomic E-state index is 0.00704. The Morgan fingerprint density at radius 3 is 2.19 bits per heavy atom. The normalized spacial score (nSPS) is 11.7. The van der Waals surface area contributed by atoms with Gasteiger partial charge in [0, 0.05) is 12.1 Å². The second-order valence-corrected chi connectivity index (χ2v) is 6.18. The van der Waals surface area contributed by atoms with Crippen molar-refractivity contribution in [1.82, 2.24) is 5.32 Å². The van der Waals surface area contributed by atoms with Gasteiger partial charge in [-0.15, -0.1) is 0 Å². The lowest BCUT2D eigenvalue weighted by Gasteiger charge is -2.11. The first-order valence-electron chi connectivity index (χ1n) is 7.59. The molecule has 0 bridgehead atoms. The quantitative estimate of drug-likeness (QED) is 0.304. The first kappa shape index (κ1) is 20.4. The van der Waals surface area contributed by atoms with E-state index in [0.29, 0.717) is 17.2 Å². The number of halogens is 3. The van der Waals surface area contributed by atoms with Gasteiger partial charge in [0.25, 0.3) is 0 Å². The molecule has 27 heavy (non-hydrogen) atoms. The number of nitrogens with one attached hydrogen (secondary N) is 1. The van der Waals surface area contributed by atoms with Crippen LogP contribution in [0.5, 0.6) is 23.0 Å². The molecule has 2 aromatic carbocycles. The van der Waals surface area contributed by atoms with Crippen molar-refractivity contribution >= 4 is 23.3 Å². The van der Waals surface area contributed by atoms with Crippen molar-refractivity contribution in [2.45, 2.75) is 19.6 Å². The summed E-state index contributed by atoms with van der Waals surface area (Å²) in [6.07, 6.45) is -2.26. The van der Waals surface area contributed by atoms with E-state index >= 15 is 0 Å². The largest absolute Gasteiger partial charge is 0.508 e. The van der Waals surface area contributed by atoms with Crippen molar-refractivity contribution in [2.24, 2.45) is 0 Å². The van der Waals surface area contributed by atoms with Crippen LogP contribution in [0.2, 0.25) is 0 Å². The number of phenols is 4. The molecule has 0 aromatic heterocycles. The van der Waals surface area contributed by atoms with Gasteiger partial charge in [-0.1, -0.05) is 18.3 Å². The Balaban J connectivity index is 2.10. The molecule has 0 saturated heterocycles. The van der Waals surface area contributed by atoms with Crippen molar-refractivity contribution < 1.29 is 33.6 Å². The SMILES string of the molecule is Cc1c(O)cc(CNC(=S)/C=C/c2cc(O)c(O)c(C(F)(F)F)c2)cc1O. The number of hydrogen-bond acceptors (Lipinski definition) is 5. The summed E-state index contributed by atoms with van der Waals surface area (Å²) >= 11 is 5.05. The van der Waals surface area contributed by atoms with E-state index in [2.05, 4.69) is 5.32 Å². The van der Waals surface area contributed by atoms with Crippen molar-refractivity contribution in [3.05, 3.63) is 52.6 Å². The van der Waals surface area contributed by atoms with Crippen LogP contribution in [-0.2, 0) is 12.7 Å². The Labute approximate surface area is 158 Å². The third-order valence-corrected chi connectivity index (χ3v) is 4.00. The number of aromatic hydroxyl groups is 4. The van der Waals surface area contributed by atoms with Crippen molar-refractivity contribution in [1.29, 1.82) is 0 Å². The molecule has 0 radical (unpaired) electrons. The predicted molar refractivity (Wildman–Crippen MR) is 97.8 cm³/mol. The Bertz CT molecular complexity index is 887. The predicted octanol–water partition coefficient (Wildman–Crippen LogP) is 3.97. The molecule has 0 amide bonds. The highest BCUT2D eigenvalue weighted by molar-refractivity contribution is 7.80. The topological polar surface area (TPSA) is 93.0 Å². The lowest BCUT2D eigenvalue weighted by Crippen LogP contribution is -2.18. The average Bonchev–Trinajstić information content (AvgIpc) is 2.57. The molecule has 0 heterocycles. The highest BCUT2D eigenvalue weighted by Gasteiger charge is 2.35. The van der Waals surface area contributed by atoms with E-state index in [9.17, 15) is 33.6 Å². The molecule has 0 atom stereocenters. The van der Waals surface area contributed by atoms with Crippen LogP contribution in [0.4, 0.5) is 13.2 Å².